The summed E-state index contributed by atoms with van der Waals surface area (Å²) in [6.07, 6.45) is 0. The topological polar surface area (TPSA) is 73.0 Å². The summed E-state index contributed by atoms with van der Waals surface area (Å²) >= 11 is 1.29. The Morgan fingerprint density at radius 2 is 2.28 bits per heavy atom. The van der Waals surface area contributed by atoms with Crippen LogP contribution in [0.2, 0.25) is 0 Å². The fraction of sp³-hybridized carbons (Fsp3) is 0.0833. The highest BCUT2D eigenvalue weighted by atomic mass is 32.1. The van der Waals surface area contributed by atoms with Crippen molar-refractivity contribution < 1.29 is 13.9 Å². The Hall–Kier alpha value is -2.21. The molecule has 0 saturated carbocycles. The van der Waals surface area contributed by atoms with Crippen LogP contribution < -0.4 is 10.4 Å². The molecule has 0 fully saturated rings. The van der Waals surface area contributed by atoms with Crippen molar-refractivity contribution >= 4 is 33.2 Å². The van der Waals surface area contributed by atoms with E-state index in [1.807, 2.05) is 24.3 Å². The zero-order valence-electron chi connectivity index (χ0n) is 9.37. The van der Waals surface area contributed by atoms with Crippen LogP contribution in [0.3, 0.4) is 0 Å². The van der Waals surface area contributed by atoms with Crippen LogP contribution in [0, 0.1) is 0 Å². The molecule has 2 heterocycles. The Morgan fingerprint density at radius 1 is 1.44 bits per heavy atom. The van der Waals surface area contributed by atoms with Crippen molar-refractivity contribution in [3.8, 4) is 0 Å². The minimum absolute atomic E-state index is 0.0924. The first kappa shape index (κ1) is 10.9. The number of aromatic nitrogens is 2. The average molecular weight is 260 g/mol. The molecule has 0 spiro atoms. The second kappa shape index (κ2) is 4.23. The van der Waals surface area contributed by atoms with E-state index in [0.29, 0.717) is 16.5 Å². The van der Waals surface area contributed by atoms with Crippen LogP contribution in [0.1, 0.15) is 10.6 Å². The number of anilines is 1. The molecular weight excluding hydrogens is 250 g/mol. The number of para-hydroxylation sites is 1. The molecule has 3 rings (SSSR count). The standard InChI is InChI=1S/C12H9N3O2S/c13-12-15(14-7-18-12)6-9(16)11-5-8-3-1-2-4-10(8)17-11/h1-5,7,13H,6H2/p+1. The lowest BCUT2D eigenvalue weighted by Gasteiger charge is -1.92. The molecular formula is C12H10N3O2S+. The first-order valence-electron chi connectivity index (χ1n) is 5.35. The van der Waals surface area contributed by atoms with Crippen LogP contribution >= 0.6 is 11.3 Å². The van der Waals surface area contributed by atoms with E-state index in [1.54, 1.807) is 11.6 Å². The van der Waals surface area contributed by atoms with Crippen LogP contribution in [0.5, 0.6) is 0 Å². The SMILES string of the molecule is Nc1scn[n+]1CC(=O)c1cc2ccccc2o1. The number of nitrogens with two attached hydrogens (primary N) is 1. The Morgan fingerprint density at radius 3 is 3.00 bits per heavy atom. The van der Waals surface area contributed by atoms with Crippen LogP contribution in [0.4, 0.5) is 5.13 Å². The molecule has 3 aromatic rings. The maximum Gasteiger partial charge on any atom is 0.354 e. The van der Waals surface area contributed by atoms with Crippen LogP contribution in [-0.4, -0.2) is 10.9 Å². The number of fused-ring (bicyclic) bond motifs is 1. The van der Waals surface area contributed by atoms with E-state index in [2.05, 4.69) is 5.10 Å². The van der Waals surface area contributed by atoms with Gasteiger partial charge in [-0.25, -0.2) is 0 Å². The number of hydrogen-bond donors (Lipinski definition) is 1. The number of Topliss-reactive ketones (excluding diaryl/α,β-unsaturated/α-hetero) is 1. The third-order valence-corrected chi connectivity index (χ3v) is 3.26. The molecule has 0 amide bonds. The molecule has 90 valence electrons. The van der Waals surface area contributed by atoms with E-state index in [1.165, 1.54) is 16.0 Å². The summed E-state index contributed by atoms with van der Waals surface area (Å²) in [5, 5.41) is 5.40. The van der Waals surface area contributed by atoms with Gasteiger partial charge in [-0.05, 0) is 23.5 Å². The largest absolute Gasteiger partial charge is 0.453 e. The first-order valence-corrected chi connectivity index (χ1v) is 6.23. The number of nitrogens with zero attached hydrogens (tertiary/aromatic N) is 2. The quantitative estimate of drug-likeness (QED) is 0.574. The summed E-state index contributed by atoms with van der Waals surface area (Å²) in [5.74, 6) is 0.185. The molecule has 0 aliphatic carbocycles. The lowest BCUT2D eigenvalue weighted by atomic mass is 10.2. The third kappa shape index (κ3) is 1.86. The van der Waals surface area contributed by atoms with E-state index >= 15 is 0 Å². The van der Waals surface area contributed by atoms with Gasteiger partial charge in [-0.2, -0.15) is 0 Å². The fourth-order valence-electron chi connectivity index (χ4n) is 1.70. The van der Waals surface area contributed by atoms with Crippen molar-refractivity contribution in [2.75, 3.05) is 5.73 Å². The second-order valence-corrected chi connectivity index (χ2v) is 4.67. The van der Waals surface area contributed by atoms with Gasteiger partial charge in [-0.1, -0.05) is 23.3 Å². The molecule has 0 radical (unpaired) electrons. The number of carbonyl (C=O) groups excluding carboxylic acids is 1. The average Bonchev–Trinajstić information content (AvgIpc) is 2.96. The monoisotopic (exact) mass is 260 g/mol. The first-order chi connectivity index (χ1) is 8.74. The van der Waals surface area contributed by atoms with Gasteiger partial charge in [0.15, 0.2) is 12.3 Å². The van der Waals surface area contributed by atoms with Crippen LogP contribution in [0.25, 0.3) is 11.0 Å². The molecule has 5 nitrogen and oxygen atoms in total. The summed E-state index contributed by atoms with van der Waals surface area (Å²) in [6.45, 7) is 0.0924. The maximum absolute atomic E-state index is 12.0. The maximum atomic E-state index is 12.0. The lowest BCUT2D eigenvalue weighted by molar-refractivity contribution is -0.723. The Bertz CT molecular complexity index is 684. The van der Waals surface area contributed by atoms with Gasteiger partial charge in [0.1, 0.15) is 11.1 Å². The van der Waals surface area contributed by atoms with Crippen molar-refractivity contribution in [2.45, 2.75) is 6.54 Å². The van der Waals surface area contributed by atoms with Crippen molar-refractivity contribution in [2.24, 2.45) is 0 Å². The zero-order valence-corrected chi connectivity index (χ0v) is 10.2. The number of ketones is 1. The number of carbonyl (C=O) groups is 1. The fourth-order valence-corrected chi connectivity index (χ4v) is 2.21. The predicted octanol–water partition coefficient (Wildman–Crippen LogP) is 1.64. The zero-order chi connectivity index (χ0) is 12.5. The highest BCUT2D eigenvalue weighted by molar-refractivity contribution is 7.12. The van der Waals surface area contributed by atoms with Crippen LogP contribution in [-0.2, 0) is 6.54 Å². The summed E-state index contributed by atoms with van der Waals surface area (Å²) in [6, 6.07) is 9.24. The van der Waals surface area contributed by atoms with Crippen LogP contribution in [0.15, 0.2) is 40.3 Å². The van der Waals surface area contributed by atoms with E-state index < -0.39 is 0 Å². The minimum Gasteiger partial charge on any atom is -0.453 e. The van der Waals surface area contributed by atoms with Crippen molar-refractivity contribution in [1.82, 2.24) is 5.10 Å². The normalized spacial score (nSPS) is 10.9. The Balaban J connectivity index is 1.90. The van der Waals surface area contributed by atoms with E-state index in [9.17, 15) is 4.79 Å². The smallest absolute Gasteiger partial charge is 0.354 e. The lowest BCUT2D eigenvalue weighted by Crippen LogP contribution is -2.41. The van der Waals surface area contributed by atoms with E-state index in [0.717, 1.165) is 5.39 Å². The minimum atomic E-state index is -0.145. The molecule has 0 saturated heterocycles. The molecule has 18 heavy (non-hydrogen) atoms. The van der Waals surface area contributed by atoms with Gasteiger partial charge in [-0.3, -0.25) is 10.5 Å². The number of nitrogen functional groups attached to an aromatic ring is 1. The predicted molar refractivity (Wildman–Crippen MR) is 67.3 cm³/mol. The summed E-state index contributed by atoms with van der Waals surface area (Å²) in [4.78, 5) is 12.0. The molecule has 0 atom stereocenters. The van der Waals surface area contributed by atoms with Crippen molar-refractivity contribution in [3.63, 3.8) is 0 Å². The van der Waals surface area contributed by atoms with Gasteiger partial charge in [0.25, 0.3) is 0 Å². The molecule has 1 aromatic carbocycles. The number of furan rings is 1. The van der Waals surface area contributed by atoms with Crippen molar-refractivity contribution in [1.29, 1.82) is 0 Å². The molecule has 0 unspecified atom stereocenters. The Kier molecular flexibility index (Phi) is 2.56. The van der Waals surface area contributed by atoms with Gasteiger partial charge in [0.2, 0.25) is 5.78 Å². The third-order valence-electron chi connectivity index (χ3n) is 2.61. The van der Waals surface area contributed by atoms with E-state index in [-0.39, 0.29) is 12.3 Å². The number of hydrogen-bond acceptors (Lipinski definition) is 5. The van der Waals surface area contributed by atoms with E-state index in [4.69, 9.17) is 10.2 Å². The molecule has 2 N–H and O–H groups in total. The summed E-state index contributed by atoms with van der Waals surface area (Å²) < 4.78 is 6.95. The van der Waals surface area contributed by atoms with Gasteiger partial charge in [0, 0.05) is 5.39 Å². The summed E-state index contributed by atoms with van der Waals surface area (Å²) in [5.41, 5.74) is 7.98. The van der Waals surface area contributed by atoms with Gasteiger partial charge < -0.3 is 4.42 Å². The molecule has 2 aromatic heterocycles. The van der Waals surface area contributed by atoms with Gasteiger partial charge in [0.05, 0.1) is 0 Å². The molecule has 6 heteroatoms. The van der Waals surface area contributed by atoms with Gasteiger partial charge in [-0.15, -0.1) is 4.68 Å². The number of rotatable bonds is 3. The highest BCUT2D eigenvalue weighted by Crippen LogP contribution is 2.19. The molecule has 0 aliphatic heterocycles. The molecule has 0 bridgehead atoms. The van der Waals surface area contributed by atoms with Crippen molar-refractivity contribution in [3.05, 3.63) is 41.6 Å². The Labute approximate surface area is 106 Å². The number of benzene rings is 1. The second-order valence-electron chi connectivity index (χ2n) is 3.81. The summed E-state index contributed by atoms with van der Waals surface area (Å²) in [7, 11) is 0. The molecule has 0 aliphatic rings. The van der Waals surface area contributed by atoms with Gasteiger partial charge >= 0.3 is 5.13 Å². The highest BCUT2D eigenvalue weighted by Gasteiger charge is 2.18.